The Hall–Kier alpha value is -1.29. The first-order chi connectivity index (χ1) is 8.08. The highest BCUT2D eigenvalue weighted by Gasteiger charge is 2.23. The molecule has 1 heterocycles. The summed E-state index contributed by atoms with van der Waals surface area (Å²) in [6.45, 7) is 4.46. The van der Waals surface area contributed by atoms with Gasteiger partial charge in [0.05, 0.1) is 6.54 Å². The van der Waals surface area contributed by atoms with Gasteiger partial charge < -0.3 is 14.8 Å². The number of aromatic carboxylic acids is 1. The summed E-state index contributed by atoms with van der Waals surface area (Å²) in [5.74, 6) is 1.02. The lowest BCUT2D eigenvalue weighted by atomic mass is 9.80. The van der Waals surface area contributed by atoms with Gasteiger partial charge in [0.1, 0.15) is 17.1 Å². The van der Waals surface area contributed by atoms with Crippen LogP contribution >= 0.6 is 0 Å². The summed E-state index contributed by atoms with van der Waals surface area (Å²) in [5.41, 5.74) is 0.262. The average molecular weight is 237 g/mol. The van der Waals surface area contributed by atoms with Crippen molar-refractivity contribution in [1.82, 2.24) is 5.32 Å². The molecule has 0 saturated heterocycles. The van der Waals surface area contributed by atoms with Crippen molar-refractivity contribution in [2.24, 2.45) is 5.92 Å². The fraction of sp³-hybridized carbons (Fsp3) is 0.615. The molecular weight excluding hydrogens is 218 g/mol. The second-order valence-corrected chi connectivity index (χ2v) is 4.85. The quantitative estimate of drug-likeness (QED) is 0.826. The molecule has 17 heavy (non-hydrogen) atoms. The van der Waals surface area contributed by atoms with Gasteiger partial charge in [-0.05, 0) is 38.7 Å². The molecule has 1 aliphatic carbocycles. The van der Waals surface area contributed by atoms with Gasteiger partial charge in [-0.1, -0.05) is 6.42 Å². The van der Waals surface area contributed by atoms with Crippen LogP contribution in [-0.2, 0) is 6.54 Å². The third kappa shape index (κ3) is 2.69. The summed E-state index contributed by atoms with van der Waals surface area (Å²) < 4.78 is 5.41. The van der Waals surface area contributed by atoms with Crippen LogP contribution in [0.2, 0.25) is 0 Å². The summed E-state index contributed by atoms with van der Waals surface area (Å²) >= 11 is 0. The first kappa shape index (κ1) is 12.2. The lowest BCUT2D eigenvalue weighted by Gasteiger charge is -2.31. The monoisotopic (exact) mass is 237 g/mol. The number of carboxylic acids is 1. The number of aryl methyl sites for hydroxylation is 1. The summed E-state index contributed by atoms with van der Waals surface area (Å²) in [5, 5.41) is 12.3. The lowest BCUT2D eigenvalue weighted by Crippen LogP contribution is -2.36. The van der Waals surface area contributed by atoms with Crippen molar-refractivity contribution in [3.05, 3.63) is 23.2 Å². The number of hydrogen-bond acceptors (Lipinski definition) is 3. The van der Waals surface area contributed by atoms with Gasteiger partial charge in [0.25, 0.3) is 0 Å². The minimum atomic E-state index is -0.926. The lowest BCUT2D eigenvalue weighted by molar-refractivity contribution is 0.0695. The molecule has 1 atom stereocenters. The van der Waals surface area contributed by atoms with Gasteiger partial charge in [0, 0.05) is 6.04 Å². The van der Waals surface area contributed by atoms with Gasteiger partial charge in [-0.25, -0.2) is 4.79 Å². The van der Waals surface area contributed by atoms with E-state index in [2.05, 4.69) is 12.2 Å². The second kappa shape index (κ2) is 4.92. The molecule has 1 aromatic rings. The highest BCUT2D eigenvalue weighted by Crippen LogP contribution is 2.29. The fourth-order valence-electron chi connectivity index (χ4n) is 2.21. The molecular formula is C13H19NO3. The van der Waals surface area contributed by atoms with Crippen molar-refractivity contribution in [3.63, 3.8) is 0 Å². The molecule has 4 heteroatoms. The van der Waals surface area contributed by atoms with Crippen molar-refractivity contribution in [2.45, 2.75) is 45.7 Å². The molecule has 0 aliphatic heterocycles. The Morgan fingerprint density at radius 1 is 1.65 bits per heavy atom. The van der Waals surface area contributed by atoms with E-state index in [4.69, 9.17) is 9.52 Å². The number of rotatable bonds is 5. The number of hydrogen-bond donors (Lipinski definition) is 2. The molecule has 0 radical (unpaired) electrons. The second-order valence-electron chi connectivity index (χ2n) is 4.85. The molecule has 0 bridgehead atoms. The van der Waals surface area contributed by atoms with E-state index in [-0.39, 0.29) is 5.56 Å². The summed E-state index contributed by atoms with van der Waals surface area (Å²) in [6.07, 6.45) is 3.93. The van der Waals surface area contributed by atoms with E-state index in [1.54, 1.807) is 13.0 Å². The molecule has 4 nitrogen and oxygen atoms in total. The van der Waals surface area contributed by atoms with E-state index >= 15 is 0 Å². The first-order valence-electron chi connectivity index (χ1n) is 6.14. The molecule has 1 aromatic heterocycles. The molecule has 94 valence electrons. The van der Waals surface area contributed by atoms with Crippen molar-refractivity contribution in [2.75, 3.05) is 0 Å². The fourth-order valence-corrected chi connectivity index (χ4v) is 2.21. The van der Waals surface area contributed by atoms with Crippen LogP contribution in [0.4, 0.5) is 0 Å². The van der Waals surface area contributed by atoms with Crippen molar-refractivity contribution < 1.29 is 14.3 Å². The third-order valence-corrected chi connectivity index (χ3v) is 3.65. The van der Waals surface area contributed by atoms with Gasteiger partial charge in [0.15, 0.2) is 0 Å². The van der Waals surface area contributed by atoms with Crippen LogP contribution in [-0.4, -0.2) is 17.1 Å². The topological polar surface area (TPSA) is 62.5 Å². The molecule has 2 rings (SSSR count). The zero-order valence-electron chi connectivity index (χ0n) is 10.3. The van der Waals surface area contributed by atoms with Gasteiger partial charge in [0.2, 0.25) is 0 Å². The van der Waals surface area contributed by atoms with Crippen LogP contribution in [0.5, 0.6) is 0 Å². The number of nitrogens with one attached hydrogen (secondary N) is 1. The van der Waals surface area contributed by atoms with Crippen molar-refractivity contribution in [1.29, 1.82) is 0 Å². The van der Waals surface area contributed by atoms with Crippen LogP contribution in [0.25, 0.3) is 0 Å². The molecule has 1 unspecified atom stereocenters. The van der Waals surface area contributed by atoms with E-state index in [9.17, 15) is 4.79 Å². The van der Waals surface area contributed by atoms with Crippen LogP contribution in [0.15, 0.2) is 10.5 Å². The molecule has 2 N–H and O–H groups in total. The zero-order valence-corrected chi connectivity index (χ0v) is 10.3. The Labute approximate surface area is 101 Å². The Morgan fingerprint density at radius 3 is 2.82 bits per heavy atom. The van der Waals surface area contributed by atoms with Gasteiger partial charge in [-0.3, -0.25) is 0 Å². The predicted molar refractivity (Wildman–Crippen MR) is 64.0 cm³/mol. The van der Waals surface area contributed by atoms with Crippen LogP contribution < -0.4 is 5.32 Å². The van der Waals surface area contributed by atoms with E-state index in [0.29, 0.717) is 24.1 Å². The van der Waals surface area contributed by atoms with Crippen molar-refractivity contribution >= 4 is 5.97 Å². The smallest absolute Gasteiger partial charge is 0.339 e. The maximum atomic E-state index is 10.9. The normalized spacial score (nSPS) is 17.8. The standard InChI is InChI=1S/C13H19NO3/c1-8(10-4-3-5-10)14-7-11-6-12(13(15)16)9(2)17-11/h6,8,10,14H,3-5,7H2,1-2H3,(H,15,16). The van der Waals surface area contributed by atoms with Gasteiger partial charge >= 0.3 is 5.97 Å². The molecule has 0 aromatic carbocycles. The van der Waals surface area contributed by atoms with Crippen molar-refractivity contribution in [3.8, 4) is 0 Å². The summed E-state index contributed by atoms with van der Waals surface area (Å²) in [4.78, 5) is 10.9. The van der Waals surface area contributed by atoms with Crippen LogP contribution in [0, 0.1) is 12.8 Å². The van der Waals surface area contributed by atoms with E-state index in [1.807, 2.05) is 0 Å². The molecule has 0 amide bonds. The maximum absolute atomic E-state index is 10.9. The van der Waals surface area contributed by atoms with Gasteiger partial charge in [-0.2, -0.15) is 0 Å². The largest absolute Gasteiger partial charge is 0.478 e. The molecule has 1 fully saturated rings. The molecule has 1 aliphatic rings. The van der Waals surface area contributed by atoms with E-state index in [1.165, 1.54) is 19.3 Å². The summed E-state index contributed by atoms with van der Waals surface area (Å²) in [7, 11) is 0. The number of carboxylic acid groups (broad SMARTS) is 1. The van der Waals surface area contributed by atoms with Crippen LogP contribution in [0.1, 0.15) is 48.1 Å². The number of furan rings is 1. The predicted octanol–water partition coefficient (Wildman–Crippen LogP) is 2.56. The molecule has 1 saturated carbocycles. The maximum Gasteiger partial charge on any atom is 0.339 e. The Kier molecular flexibility index (Phi) is 3.52. The average Bonchev–Trinajstić information content (AvgIpc) is 2.54. The summed E-state index contributed by atoms with van der Waals surface area (Å²) in [6, 6.07) is 2.08. The Balaban J connectivity index is 1.90. The van der Waals surface area contributed by atoms with Crippen LogP contribution in [0.3, 0.4) is 0 Å². The minimum absolute atomic E-state index is 0.262. The van der Waals surface area contributed by atoms with Gasteiger partial charge in [-0.15, -0.1) is 0 Å². The highest BCUT2D eigenvalue weighted by atomic mass is 16.4. The SMILES string of the molecule is Cc1oc(CNC(C)C2CCC2)cc1C(=O)O. The highest BCUT2D eigenvalue weighted by molar-refractivity contribution is 5.88. The Morgan fingerprint density at radius 2 is 2.35 bits per heavy atom. The van der Waals surface area contributed by atoms with E-state index in [0.717, 1.165) is 5.92 Å². The minimum Gasteiger partial charge on any atom is -0.478 e. The molecule has 0 spiro atoms. The van der Waals surface area contributed by atoms with E-state index < -0.39 is 5.97 Å². The Bertz CT molecular complexity index is 407. The zero-order chi connectivity index (χ0) is 12.4. The first-order valence-corrected chi connectivity index (χ1v) is 6.14. The number of carbonyl (C=O) groups is 1. The third-order valence-electron chi connectivity index (χ3n) is 3.65.